The van der Waals surface area contributed by atoms with Gasteiger partial charge in [-0.15, -0.1) is 0 Å². The molecule has 1 aromatic rings. The van der Waals surface area contributed by atoms with Crippen molar-refractivity contribution < 1.29 is 4.57 Å². The van der Waals surface area contributed by atoms with Crippen molar-refractivity contribution in [2.45, 2.75) is 0 Å². The normalized spacial score (nSPS) is 12.2. The van der Waals surface area contributed by atoms with Gasteiger partial charge in [-0.3, -0.25) is 4.57 Å². The standard InChI is InChI=1S/C8H6Cl3OP/c9-8-3-1-2-7(6-8)4-5-13(10,11)12/h1-6H. The Balaban J connectivity index is 2.87. The van der Waals surface area contributed by atoms with Crippen LogP contribution in [0.5, 0.6) is 0 Å². The molecule has 70 valence electrons. The molecule has 0 aliphatic heterocycles. The molecule has 0 atom stereocenters. The summed E-state index contributed by atoms with van der Waals surface area (Å²) in [6.45, 7) is 0. The van der Waals surface area contributed by atoms with E-state index in [2.05, 4.69) is 0 Å². The molecular weight excluding hydrogens is 249 g/mol. The summed E-state index contributed by atoms with van der Waals surface area (Å²) < 4.78 is 10.9. The van der Waals surface area contributed by atoms with Crippen LogP contribution in [0.2, 0.25) is 5.02 Å². The number of hydrogen-bond acceptors (Lipinski definition) is 1. The van der Waals surface area contributed by atoms with Crippen LogP contribution in [0.1, 0.15) is 5.56 Å². The van der Waals surface area contributed by atoms with Gasteiger partial charge in [0.2, 0.25) is 0 Å². The molecule has 0 radical (unpaired) electrons. The van der Waals surface area contributed by atoms with Crippen LogP contribution in [0.25, 0.3) is 6.08 Å². The van der Waals surface area contributed by atoms with E-state index in [1.807, 2.05) is 6.07 Å². The highest BCUT2D eigenvalue weighted by Crippen LogP contribution is 2.58. The maximum absolute atomic E-state index is 10.9. The molecule has 0 N–H and O–H groups in total. The van der Waals surface area contributed by atoms with E-state index in [9.17, 15) is 4.57 Å². The SMILES string of the molecule is O=P(Cl)(Cl)C=Cc1cccc(Cl)c1. The molecule has 0 aliphatic rings. The zero-order valence-corrected chi connectivity index (χ0v) is 9.62. The van der Waals surface area contributed by atoms with Gasteiger partial charge in [-0.2, -0.15) is 0 Å². The minimum Gasteiger partial charge on any atom is -0.285 e. The van der Waals surface area contributed by atoms with Crippen molar-refractivity contribution >= 4 is 46.0 Å². The lowest BCUT2D eigenvalue weighted by Gasteiger charge is -1.94. The van der Waals surface area contributed by atoms with Gasteiger partial charge in [-0.1, -0.05) is 23.7 Å². The molecule has 0 unspecified atom stereocenters. The maximum atomic E-state index is 10.9. The van der Waals surface area contributed by atoms with Gasteiger partial charge < -0.3 is 0 Å². The van der Waals surface area contributed by atoms with Gasteiger partial charge in [0.25, 0.3) is 5.85 Å². The van der Waals surface area contributed by atoms with Crippen LogP contribution in [0, 0.1) is 0 Å². The summed E-state index contributed by atoms with van der Waals surface area (Å²) >= 11 is 16.4. The summed E-state index contributed by atoms with van der Waals surface area (Å²) in [4.78, 5) is 0. The zero-order valence-electron chi connectivity index (χ0n) is 6.45. The highest BCUT2D eigenvalue weighted by Gasteiger charge is 2.06. The summed E-state index contributed by atoms with van der Waals surface area (Å²) in [5, 5.41) is 0.612. The fourth-order valence-corrected chi connectivity index (χ4v) is 1.67. The molecule has 0 aromatic heterocycles. The van der Waals surface area contributed by atoms with Crippen LogP contribution in [0.3, 0.4) is 0 Å². The average molecular weight is 255 g/mol. The first-order valence-corrected chi connectivity index (χ1v) is 7.38. The van der Waals surface area contributed by atoms with Crippen molar-refractivity contribution in [3.05, 3.63) is 40.7 Å². The Labute approximate surface area is 91.3 Å². The predicted octanol–water partition coefficient (Wildman–Crippen LogP) is 4.98. The van der Waals surface area contributed by atoms with Gasteiger partial charge in [0.05, 0.1) is 0 Å². The summed E-state index contributed by atoms with van der Waals surface area (Å²) in [5.41, 5.74) is 0.814. The smallest absolute Gasteiger partial charge is 0.274 e. The molecule has 0 amide bonds. The number of benzene rings is 1. The van der Waals surface area contributed by atoms with Crippen molar-refractivity contribution in [2.24, 2.45) is 0 Å². The van der Waals surface area contributed by atoms with E-state index in [-0.39, 0.29) is 0 Å². The van der Waals surface area contributed by atoms with E-state index < -0.39 is 5.85 Å². The minimum atomic E-state index is -3.13. The fourth-order valence-electron chi connectivity index (χ4n) is 0.783. The highest BCUT2D eigenvalue weighted by molar-refractivity contribution is 8.10. The molecule has 0 aliphatic carbocycles. The third-order valence-electron chi connectivity index (χ3n) is 1.29. The van der Waals surface area contributed by atoms with Gasteiger partial charge in [-0.25, -0.2) is 0 Å². The van der Waals surface area contributed by atoms with Crippen LogP contribution in [0.15, 0.2) is 30.1 Å². The van der Waals surface area contributed by atoms with Gasteiger partial charge in [-0.05, 0) is 46.3 Å². The second-order valence-corrected chi connectivity index (χ2v) is 7.65. The molecule has 0 saturated carbocycles. The average Bonchev–Trinajstić information content (AvgIpc) is 2.00. The van der Waals surface area contributed by atoms with Gasteiger partial charge >= 0.3 is 0 Å². The van der Waals surface area contributed by atoms with Crippen LogP contribution >= 0.6 is 39.9 Å². The summed E-state index contributed by atoms with van der Waals surface area (Å²) in [6.07, 6.45) is 1.58. The molecule has 13 heavy (non-hydrogen) atoms. The van der Waals surface area contributed by atoms with Crippen LogP contribution in [-0.2, 0) is 4.57 Å². The minimum absolute atomic E-state index is 0.612. The molecule has 0 saturated heterocycles. The van der Waals surface area contributed by atoms with Crippen molar-refractivity contribution in [2.75, 3.05) is 0 Å². The van der Waals surface area contributed by atoms with E-state index in [1.54, 1.807) is 24.3 Å². The Morgan fingerprint density at radius 2 is 2.00 bits per heavy atom. The van der Waals surface area contributed by atoms with Gasteiger partial charge in [0.15, 0.2) is 0 Å². The monoisotopic (exact) mass is 254 g/mol. The molecule has 1 aromatic carbocycles. The molecule has 0 bridgehead atoms. The second kappa shape index (κ2) is 4.52. The van der Waals surface area contributed by atoms with E-state index in [4.69, 9.17) is 34.1 Å². The molecule has 5 heteroatoms. The Bertz CT molecular complexity index is 369. The summed E-state index contributed by atoms with van der Waals surface area (Å²) in [7, 11) is 0. The lowest BCUT2D eigenvalue weighted by molar-refractivity contribution is 0.597. The first-order valence-electron chi connectivity index (χ1n) is 3.41. The Kier molecular flexibility index (Phi) is 3.87. The number of halogens is 3. The van der Waals surface area contributed by atoms with E-state index in [0.717, 1.165) is 5.56 Å². The lowest BCUT2D eigenvalue weighted by atomic mass is 10.2. The third-order valence-corrected chi connectivity index (χ3v) is 2.70. The molecule has 0 spiro atoms. The Morgan fingerprint density at radius 1 is 1.31 bits per heavy atom. The largest absolute Gasteiger partial charge is 0.285 e. The molecule has 0 heterocycles. The van der Waals surface area contributed by atoms with E-state index in [0.29, 0.717) is 5.02 Å². The summed E-state index contributed by atoms with van der Waals surface area (Å²) in [6, 6.07) is 7.07. The van der Waals surface area contributed by atoms with Gasteiger partial charge in [0.1, 0.15) is 0 Å². The molecular formula is C8H6Cl3OP. The maximum Gasteiger partial charge on any atom is 0.274 e. The number of rotatable bonds is 2. The van der Waals surface area contributed by atoms with Crippen LogP contribution < -0.4 is 0 Å². The Hall–Kier alpha value is 0.0600. The van der Waals surface area contributed by atoms with Crippen molar-refractivity contribution in [3.63, 3.8) is 0 Å². The predicted molar refractivity (Wildman–Crippen MR) is 59.8 cm³/mol. The quantitative estimate of drug-likeness (QED) is 0.681. The molecule has 1 rings (SSSR count). The summed E-state index contributed by atoms with van der Waals surface area (Å²) in [5.74, 6) is -1.86. The Morgan fingerprint density at radius 3 is 2.54 bits per heavy atom. The van der Waals surface area contributed by atoms with E-state index >= 15 is 0 Å². The second-order valence-electron chi connectivity index (χ2n) is 2.37. The van der Waals surface area contributed by atoms with Crippen molar-refractivity contribution in [3.8, 4) is 0 Å². The third kappa shape index (κ3) is 4.73. The molecule has 0 fully saturated rings. The first-order chi connectivity index (χ1) is 5.97. The van der Waals surface area contributed by atoms with Crippen LogP contribution in [0.4, 0.5) is 0 Å². The fraction of sp³-hybridized carbons (Fsp3) is 0. The van der Waals surface area contributed by atoms with Crippen molar-refractivity contribution in [1.29, 1.82) is 0 Å². The van der Waals surface area contributed by atoms with Crippen molar-refractivity contribution in [1.82, 2.24) is 0 Å². The molecule has 1 nitrogen and oxygen atoms in total. The lowest BCUT2D eigenvalue weighted by Crippen LogP contribution is -1.69. The van der Waals surface area contributed by atoms with Gasteiger partial charge in [0, 0.05) is 10.8 Å². The van der Waals surface area contributed by atoms with Crippen LogP contribution in [-0.4, -0.2) is 0 Å². The highest BCUT2D eigenvalue weighted by atomic mass is 35.9. The number of hydrogen-bond donors (Lipinski definition) is 0. The first kappa shape index (κ1) is 11.1. The topological polar surface area (TPSA) is 17.1 Å². The van der Waals surface area contributed by atoms with E-state index in [1.165, 1.54) is 5.82 Å². The zero-order chi connectivity index (χ0) is 9.90.